The number of carbonyl (C=O) groups excluding carboxylic acids is 1. The van der Waals surface area contributed by atoms with Gasteiger partial charge in [0.25, 0.3) is 5.91 Å². The number of thiol groups is 1. The average molecular weight is 343 g/mol. The van der Waals surface area contributed by atoms with Crippen molar-refractivity contribution in [1.29, 1.82) is 0 Å². The molecule has 1 aromatic rings. The molecule has 1 aromatic carbocycles. The predicted octanol–water partition coefficient (Wildman–Crippen LogP) is 2.90. The van der Waals surface area contributed by atoms with Crippen LogP contribution in [0.15, 0.2) is 27.6 Å². The van der Waals surface area contributed by atoms with Crippen LogP contribution in [0.25, 0.3) is 0 Å². The van der Waals surface area contributed by atoms with Gasteiger partial charge < -0.3 is 4.90 Å². The average Bonchev–Trinajstić information content (AvgIpc) is 2.40. The van der Waals surface area contributed by atoms with Crippen LogP contribution in [0.5, 0.6) is 0 Å². The van der Waals surface area contributed by atoms with Gasteiger partial charge in [-0.15, -0.1) is 12.6 Å². The van der Waals surface area contributed by atoms with Crippen molar-refractivity contribution in [2.24, 2.45) is 0 Å². The SMILES string of the molecule is CCN1CCN(C(=O)c2cc(S)ccc2Br)CC1C. The van der Waals surface area contributed by atoms with Gasteiger partial charge in [0.1, 0.15) is 0 Å². The lowest BCUT2D eigenvalue weighted by Crippen LogP contribution is -2.53. The number of likely N-dealkylation sites (N-methyl/N-ethyl adjacent to an activating group) is 1. The third-order valence-corrected chi connectivity index (χ3v) is 4.61. The molecule has 0 saturated carbocycles. The molecule has 1 heterocycles. The maximum atomic E-state index is 12.6. The minimum Gasteiger partial charge on any atom is -0.336 e. The molecule has 1 aliphatic rings. The Hall–Kier alpha value is -0.520. The number of amides is 1. The Kier molecular flexibility index (Phi) is 4.92. The van der Waals surface area contributed by atoms with Gasteiger partial charge in [0.05, 0.1) is 5.56 Å². The maximum absolute atomic E-state index is 12.6. The van der Waals surface area contributed by atoms with Crippen LogP contribution in [0.4, 0.5) is 0 Å². The summed E-state index contributed by atoms with van der Waals surface area (Å²) >= 11 is 7.75. The minimum atomic E-state index is 0.0883. The largest absolute Gasteiger partial charge is 0.336 e. The molecule has 1 aliphatic heterocycles. The molecular weight excluding hydrogens is 324 g/mol. The summed E-state index contributed by atoms with van der Waals surface area (Å²) in [5.74, 6) is 0.0883. The summed E-state index contributed by atoms with van der Waals surface area (Å²) in [5, 5.41) is 0. The highest BCUT2D eigenvalue weighted by molar-refractivity contribution is 9.10. The van der Waals surface area contributed by atoms with Crippen LogP contribution >= 0.6 is 28.6 Å². The highest BCUT2D eigenvalue weighted by atomic mass is 79.9. The van der Waals surface area contributed by atoms with E-state index < -0.39 is 0 Å². The molecule has 0 aromatic heterocycles. The number of rotatable bonds is 2. The summed E-state index contributed by atoms with van der Waals surface area (Å²) in [6.07, 6.45) is 0. The molecule has 5 heteroatoms. The van der Waals surface area contributed by atoms with Crippen LogP contribution in [0.3, 0.4) is 0 Å². The van der Waals surface area contributed by atoms with E-state index in [4.69, 9.17) is 0 Å². The number of hydrogen-bond acceptors (Lipinski definition) is 3. The molecule has 0 radical (unpaired) electrons. The van der Waals surface area contributed by atoms with Gasteiger partial charge in [0.15, 0.2) is 0 Å². The quantitative estimate of drug-likeness (QED) is 0.835. The van der Waals surface area contributed by atoms with Gasteiger partial charge in [-0.05, 0) is 47.6 Å². The summed E-state index contributed by atoms with van der Waals surface area (Å²) in [7, 11) is 0. The molecule has 0 spiro atoms. The van der Waals surface area contributed by atoms with E-state index >= 15 is 0 Å². The van der Waals surface area contributed by atoms with Crippen molar-refractivity contribution in [3.05, 3.63) is 28.2 Å². The first-order chi connectivity index (χ1) is 9.02. The van der Waals surface area contributed by atoms with Gasteiger partial charge in [-0.2, -0.15) is 0 Å². The molecule has 1 unspecified atom stereocenters. The van der Waals surface area contributed by atoms with E-state index in [1.54, 1.807) is 0 Å². The first-order valence-corrected chi connectivity index (χ1v) is 7.78. The highest BCUT2D eigenvalue weighted by Gasteiger charge is 2.27. The van der Waals surface area contributed by atoms with Crippen LogP contribution in [0.2, 0.25) is 0 Å². The second-order valence-electron chi connectivity index (χ2n) is 4.89. The van der Waals surface area contributed by atoms with E-state index in [1.807, 2.05) is 23.1 Å². The molecule has 0 aliphatic carbocycles. The lowest BCUT2D eigenvalue weighted by molar-refractivity contribution is 0.0527. The van der Waals surface area contributed by atoms with E-state index in [2.05, 4.69) is 47.3 Å². The minimum absolute atomic E-state index is 0.0883. The zero-order valence-corrected chi connectivity index (χ0v) is 13.7. The fraction of sp³-hybridized carbons (Fsp3) is 0.500. The van der Waals surface area contributed by atoms with Gasteiger partial charge in [-0.3, -0.25) is 9.69 Å². The molecule has 104 valence electrons. The topological polar surface area (TPSA) is 23.6 Å². The predicted molar refractivity (Wildman–Crippen MR) is 84.0 cm³/mol. The second kappa shape index (κ2) is 6.29. The zero-order valence-electron chi connectivity index (χ0n) is 11.3. The molecule has 3 nitrogen and oxygen atoms in total. The maximum Gasteiger partial charge on any atom is 0.255 e. The van der Waals surface area contributed by atoms with Crippen LogP contribution in [0, 0.1) is 0 Å². The van der Waals surface area contributed by atoms with E-state index in [0.29, 0.717) is 11.6 Å². The summed E-state index contributed by atoms with van der Waals surface area (Å²) in [6, 6.07) is 6.00. The first kappa shape index (κ1) is 14.9. The normalized spacial score (nSPS) is 20.6. The van der Waals surface area contributed by atoms with Crippen molar-refractivity contribution < 1.29 is 4.79 Å². The third kappa shape index (κ3) is 3.33. The van der Waals surface area contributed by atoms with E-state index in [9.17, 15) is 4.79 Å². The van der Waals surface area contributed by atoms with Gasteiger partial charge in [-0.1, -0.05) is 6.92 Å². The van der Waals surface area contributed by atoms with Crippen molar-refractivity contribution in [1.82, 2.24) is 9.80 Å². The van der Waals surface area contributed by atoms with E-state index in [-0.39, 0.29) is 5.91 Å². The first-order valence-electron chi connectivity index (χ1n) is 6.54. The molecule has 0 bridgehead atoms. The lowest BCUT2D eigenvalue weighted by Gasteiger charge is -2.39. The standard InChI is InChI=1S/C14H19BrN2OS/c1-3-16-6-7-17(9-10(16)2)14(18)12-8-11(19)4-5-13(12)15/h4-5,8,10,19H,3,6-7,9H2,1-2H3. The molecular formula is C14H19BrN2OS. The Bertz CT molecular complexity index is 481. The van der Waals surface area contributed by atoms with Gasteiger partial charge in [0.2, 0.25) is 0 Å². The number of halogens is 1. The van der Waals surface area contributed by atoms with Crippen LogP contribution < -0.4 is 0 Å². The fourth-order valence-corrected chi connectivity index (χ4v) is 3.12. The fourth-order valence-electron chi connectivity index (χ4n) is 2.50. The Balaban J connectivity index is 2.14. The smallest absolute Gasteiger partial charge is 0.255 e. The molecule has 1 amide bonds. The second-order valence-corrected chi connectivity index (χ2v) is 6.26. The van der Waals surface area contributed by atoms with Gasteiger partial charge >= 0.3 is 0 Å². The van der Waals surface area contributed by atoms with Gasteiger partial charge in [-0.25, -0.2) is 0 Å². The van der Waals surface area contributed by atoms with Crippen molar-refractivity contribution >= 4 is 34.5 Å². The molecule has 19 heavy (non-hydrogen) atoms. The molecule has 1 fully saturated rings. The van der Waals surface area contributed by atoms with Crippen molar-refractivity contribution in [2.45, 2.75) is 24.8 Å². The Morgan fingerprint density at radius 2 is 2.21 bits per heavy atom. The van der Waals surface area contributed by atoms with E-state index in [1.165, 1.54) is 0 Å². The Morgan fingerprint density at radius 3 is 2.84 bits per heavy atom. The number of hydrogen-bond donors (Lipinski definition) is 1. The monoisotopic (exact) mass is 342 g/mol. The highest BCUT2D eigenvalue weighted by Crippen LogP contribution is 2.23. The van der Waals surface area contributed by atoms with Crippen LogP contribution in [-0.4, -0.2) is 47.9 Å². The van der Waals surface area contributed by atoms with Crippen molar-refractivity contribution in [3.8, 4) is 0 Å². The third-order valence-electron chi connectivity index (χ3n) is 3.64. The van der Waals surface area contributed by atoms with Crippen molar-refractivity contribution in [2.75, 3.05) is 26.2 Å². The molecule has 2 rings (SSSR count). The van der Waals surface area contributed by atoms with Crippen molar-refractivity contribution in [3.63, 3.8) is 0 Å². The van der Waals surface area contributed by atoms with Gasteiger partial charge in [0, 0.05) is 35.0 Å². The Labute approximate surface area is 128 Å². The number of carbonyl (C=O) groups is 1. The summed E-state index contributed by atoms with van der Waals surface area (Å²) in [6.45, 7) is 7.90. The summed E-state index contributed by atoms with van der Waals surface area (Å²) < 4.78 is 0.834. The molecule has 0 N–H and O–H groups in total. The number of piperazine rings is 1. The number of nitrogens with zero attached hydrogens (tertiary/aromatic N) is 2. The zero-order chi connectivity index (χ0) is 14.0. The van der Waals surface area contributed by atoms with E-state index in [0.717, 1.165) is 35.5 Å². The lowest BCUT2D eigenvalue weighted by atomic mass is 10.1. The molecule has 1 atom stereocenters. The summed E-state index contributed by atoms with van der Waals surface area (Å²) in [4.78, 5) is 17.7. The van der Waals surface area contributed by atoms with Crippen LogP contribution in [-0.2, 0) is 0 Å². The van der Waals surface area contributed by atoms with Crippen LogP contribution in [0.1, 0.15) is 24.2 Å². The Morgan fingerprint density at radius 1 is 1.47 bits per heavy atom. The number of benzene rings is 1. The summed E-state index contributed by atoms with van der Waals surface area (Å²) in [5.41, 5.74) is 0.699. The molecule has 1 saturated heterocycles.